The summed E-state index contributed by atoms with van der Waals surface area (Å²) in [4.78, 5) is 1.07. The molecule has 0 saturated heterocycles. The van der Waals surface area contributed by atoms with E-state index in [1.54, 1.807) is 47.0 Å². The molecule has 1 aromatic heterocycles. The molecule has 1 heterocycles. The Morgan fingerprint density at radius 1 is 1.19 bits per heavy atom. The summed E-state index contributed by atoms with van der Waals surface area (Å²) in [5.74, 6) is 0. The van der Waals surface area contributed by atoms with Gasteiger partial charge in [0.25, 0.3) is 0 Å². The molecule has 0 aliphatic rings. The Morgan fingerprint density at radius 2 is 1.88 bits per heavy atom. The third kappa shape index (κ3) is 2.76. The lowest BCUT2D eigenvalue weighted by atomic mass is 10.2. The van der Waals surface area contributed by atoms with Crippen LogP contribution in [0.25, 0.3) is 0 Å². The van der Waals surface area contributed by atoms with Crippen molar-refractivity contribution in [1.29, 1.82) is 5.26 Å². The summed E-state index contributed by atoms with van der Waals surface area (Å²) in [7, 11) is 0. The van der Waals surface area contributed by atoms with Gasteiger partial charge in [-0.15, -0.1) is 10.2 Å². The molecule has 0 unspecified atom stereocenters. The van der Waals surface area contributed by atoms with Gasteiger partial charge in [0.2, 0.25) is 0 Å². The first kappa shape index (κ1) is 11.5. The minimum absolute atomic E-state index is 0.673. The molecular formula is C10H7N3S3. The number of rotatable bonds is 3. The van der Waals surface area contributed by atoms with E-state index in [2.05, 4.69) is 16.3 Å². The molecule has 0 aliphatic carbocycles. The number of nitriles is 1. The van der Waals surface area contributed by atoms with Gasteiger partial charge in [0.1, 0.15) is 0 Å². The fourth-order valence-electron chi connectivity index (χ4n) is 1.02. The van der Waals surface area contributed by atoms with Crippen molar-refractivity contribution in [2.45, 2.75) is 13.6 Å². The quantitative estimate of drug-likeness (QED) is 0.797. The molecule has 80 valence electrons. The second-order valence-electron chi connectivity index (χ2n) is 2.78. The average Bonchev–Trinajstić information content (AvgIpc) is 2.78. The zero-order valence-electron chi connectivity index (χ0n) is 8.38. The summed E-state index contributed by atoms with van der Waals surface area (Å²) in [6.07, 6.45) is 1.98. The van der Waals surface area contributed by atoms with Gasteiger partial charge >= 0.3 is 0 Å². The highest BCUT2D eigenvalue weighted by Crippen LogP contribution is 2.32. The van der Waals surface area contributed by atoms with Gasteiger partial charge in [-0.05, 0) is 30.5 Å². The fraction of sp³-hybridized carbons (Fsp3) is 0.100. The van der Waals surface area contributed by atoms with Gasteiger partial charge in [0.15, 0.2) is 8.68 Å². The van der Waals surface area contributed by atoms with Gasteiger partial charge < -0.3 is 0 Å². The van der Waals surface area contributed by atoms with Gasteiger partial charge in [-0.25, -0.2) is 0 Å². The van der Waals surface area contributed by atoms with E-state index >= 15 is 0 Å². The molecule has 0 saturated carbocycles. The molecule has 0 radical (unpaired) electrons. The molecule has 0 fully saturated rings. The van der Waals surface area contributed by atoms with Gasteiger partial charge in [0, 0.05) is 4.90 Å². The normalized spacial score (nSPS) is 10.0. The highest BCUT2D eigenvalue weighted by molar-refractivity contribution is 8.03. The standard InChI is InChI=1S/C10H7N3S3/c1-14-9-12-13-10(16-9)15-8-4-2-7(6-11)3-5-8/h2-5H,1H3. The Hall–Kier alpha value is -1.03. The van der Waals surface area contributed by atoms with Crippen LogP contribution in [0.4, 0.5) is 0 Å². The van der Waals surface area contributed by atoms with Crippen LogP contribution in [0.1, 0.15) is 5.56 Å². The molecule has 0 amide bonds. The second-order valence-corrected chi connectivity index (χ2v) is 6.13. The van der Waals surface area contributed by atoms with Gasteiger partial charge in [-0.2, -0.15) is 5.26 Å². The zero-order valence-corrected chi connectivity index (χ0v) is 10.8. The number of aromatic nitrogens is 2. The highest BCUT2D eigenvalue weighted by atomic mass is 32.2. The number of hydrogen-bond donors (Lipinski definition) is 0. The van der Waals surface area contributed by atoms with Crippen molar-refractivity contribution in [2.75, 3.05) is 6.26 Å². The van der Waals surface area contributed by atoms with Gasteiger partial charge in [0.05, 0.1) is 11.6 Å². The molecule has 2 aromatic rings. The first-order chi connectivity index (χ1) is 7.81. The molecule has 0 atom stereocenters. The first-order valence-corrected chi connectivity index (χ1v) is 7.23. The summed E-state index contributed by atoms with van der Waals surface area (Å²) >= 11 is 4.74. The maximum Gasteiger partial charge on any atom is 0.179 e. The molecule has 3 nitrogen and oxygen atoms in total. The molecule has 16 heavy (non-hydrogen) atoms. The Kier molecular flexibility index (Phi) is 3.83. The van der Waals surface area contributed by atoms with E-state index in [1.807, 2.05) is 18.4 Å². The third-order valence-corrected chi connectivity index (χ3v) is 4.71. The van der Waals surface area contributed by atoms with Crippen LogP contribution in [0.5, 0.6) is 0 Å². The fourth-order valence-corrected chi connectivity index (χ4v) is 3.43. The maximum absolute atomic E-state index is 8.67. The number of benzene rings is 1. The van der Waals surface area contributed by atoms with Crippen molar-refractivity contribution >= 4 is 34.9 Å². The van der Waals surface area contributed by atoms with Crippen molar-refractivity contribution in [3.63, 3.8) is 0 Å². The largest absolute Gasteiger partial charge is 0.192 e. The van der Waals surface area contributed by atoms with E-state index in [-0.39, 0.29) is 0 Å². The predicted molar refractivity (Wildman–Crippen MR) is 67.0 cm³/mol. The number of thioether (sulfide) groups is 1. The van der Waals surface area contributed by atoms with Crippen LogP contribution in [0.3, 0.4) is 0 Å². The molecule has 0 aliphatic heterocycles. The van der Waals surface area contributed by atoms with Crippen molar-refractivity contribution in [3.05, 3.63) is 29.8 Å². The lowest BCUT2D eigenvalue weighted by molar-refractivity contribution is 0.956. The van der Waals surface area contributed by atoms with Crippen LogP contribution in [0.15, 0.2) is 37.8 Å². The van der Waals surface area contributed by atoms with E-state index in [4.69, 9.17) is 5.26 Å². The molecule has 6 heteroatoms. The third-order valence-electron chi connectivity index (χ3n) is 1.75. The summed E-state index contributed by atoms with van der Waals surface area (Å²) in [6.45, 7) is 0. The molecule has 2 rings (SSSR count). The lowest BCUT2D eigenvalue weighted by Crippen LogP contribution is -1.75. The van der Waals surface area contributed by atoms with E-state index in [0.717, 1.165) is 13.6 Å². The SMILES string of the molecule is CSc1nnc(Sc2ccc(C#N)cc2)s1. The van der Waals surface area contributed by atoms with Crippen LogP contribution in [0, 0.1) is 11.3 Å². The molecular weight excluding hydrogens is 258 g/mol. The summed E-state index contributed by atoms with van der Waals surface area (Å²) in [5.41, 5.74) is 0.673. The van der Waals surface area contributed by atoms with Crippen molar-refractivity contribution in [1.82, 2.24) is 10.2 Å². The van der Waals surface area contributed by atoms with Crippen LogP contribution in [-0.4, -0.2) is 16.5 Å². The Balaban J connectivity index is 2.11. The first-order valence-electron chi connectivity index (χ1n) is 4.37. The van der Waals surface area contributed by atoms with E-state index in [9.17, 15) is 0 Å². The molecule has 1 aromatic carbocycles. The maximum atomic E-state index is 8.67. The Labute approximate surface area is 106 Å². The van der Waals surface area contributed by atoms with Crippen LogP contribution >= 0.6 is 34.9 Å². The van der Waals surface area contributed by atoms with E-state index in [0.29, 0.717) is 5.56 Å². The van der Waals surface area contributed by atoms with Crippen molar-refractivity contribution in [3.8, 4) is 6.07 Å². The summed E-state index contributed by atoms with van der Waals surface area (Å²) in [5, 5.41) is 16.8. The van der Waals surface area contributed by atoms with Crippen molar-refractivity contribution in [2.24, 2.45) is 0 Å². The zero-order chi connectivity index (χ0) is 11.4. The molecule has 0 N–H and O–H groups in total. The molecule has 0 spiro atoms. The van der Waals surface area contributed by atoms with Gasteiger partial charge in [-0.3, -0.25) is 0 Å². The van der Waals surface area contributed by atoms with Gasteiger partial charge in [-0.1, -0.05) is 34.9 Å². The lowest BCUT2D eigenvalue weighted by Gasteiger charge is -1.95. The van der Waals surface area contributed by atoms with Crippen LogP contribution in [0.2, 0.25) is 0 Å². The predicted octanol–water partition coefficient (Wildman–Crippen LogP) is 3.28. The minimum Gasteiger partial charge on any atom is -0.192 e. The topological polar surface area (TPSA) is 49.6 Å². The molecule has 0 bridgehead atoms. The summed E-state index contributed by atoms with van der Waals surface area (Å²) in [6, 6.07) is 9.54. The number of nitrogens with zero attached hydrogens (tertiary/aromatic N) is 3. The van der Waals surface area contributed by atoms with Crippen molar-refractivity contribution < 1.29 is 0 Å². The Bertz CT molecular complexity index is 513. The smallest absolute Gasteiger partial charge is 0.179 e. The minimum atomic E-state index is 0.673. The second kappa shape index (κ2) is 5.34. The van der Waals surface area contributed by atoms with E-state index < -0.39 is 0 Å². The van der Waals surface area contributed by atoms with Crippen LogP contribution in [-0.2, 0) is 0 Å². The monoisotopic (exact) mass is 265 g/mol. The summed E-state index contributed by atoms with van der Waals surface area (Å²) < 4.78 is 1.89. The Morgan fingerprint density at radius 3 is 2.44 bits per heavy atom. The number of hydrogen-bond acceptors (Lipinski definition) is 6. The van der Waals surface area contributed by atoms with Crippen LogP contribution < -0.4 is 0 Å². The average molecular weight is 265 g/mol. The van der Waals surface area contributed by atoms with E-state index in [1.165, 1.54) is 0 Å². The highest BCUT2D eigenvalue weighted by Gasteiger charge is 2.04.